The van der Waals surface area contributed by atoms with Crippen molar-refractivity contribution in [2.75, 3.05) is 19.7 Å². The summed E-state index contributed by atoms with van der Waals surface area (Å²) in [5, 5.41) is 0.876. The second kappa shape index (κ2) is 7.93. The number of likely N-dealkylation sites (tertiary alicyclic amines) is 1. The maximum Gasteiger partial charge on any atom is 0.260 e. The minimum absolute atomic E-state index is 0. The van der Waals surface area contributed by atoms with Crippen molar-refractivity contribution in [3.8, 4) is 5.75 Å². The molecule has 4 nitrogen and oxygen atoms in total. The van der Waals surface area contributed by atoms with Crippen LogP contribution in [0.15, 0.2) is 18.2 Å². The molecule has 1 fully saturated rings. The zero-order valence-electron chi connectivity index (χ0n) is 10.9. The molecule has 0 atom stereocenters. The van der Waals surface area contributed by atoms with Gasteiger partial charge >= 0.3 is 0 Å². The smallest absolute Gasteiger partial charge is 0.260 e. The first-order chi connectivity index (χ1) is 9.06. The van der Waals surface area contributed by atoms with Crippen LogP contribution < -0.4 is 10.5 Å². The number of rotatable bonds is 3. The Morgan fingerprint density at radius 1 is 1.30 bits per heavy atom. The van der Waals surface area contributed by atoms with Gasteiger partial charge in [0.15, 0.2) is 6.61 Å². The third-order valence-corrected chi connectivity index (χ3v) is 3.88. The molecule has 1 amide bonds. The van der Waals surface area contributed by atoms with Gasteiger partial charge in [-0.1, -0.05) is 23.2 Å². The van der Waals surface area contributed by atoms with E-state index in [1.54, 1.807) is 23.1 Å². The Morgan fingerprint density at radius 3 is 2.55 bits per heavy atom. The molecule has 0 aliphatic carbocycles. The van der Waals surface area contributed by atoms with Gasteiger partial charge in [0.2, 0.25) is 0 Å². The molecule has 112 valence electrons. The number of ether oxygens (including phenoxy) is 1. The quantitative estimate of drug-likeness (QED) is 0.921. The summed E-state index contributed by atoms with van der Waals surface area (Å²) in [6.45, 7) is 1.41. The number of halogens is 3. The van der Waals surface area contributed by atoms with Crippen molar-refractivity contribution in [1.29, 1.82) is 0 Å². The first kappa shape index (κ1) is 17.4. The molecule has 1 aliphatic heterocycles. The number of carbonyl (C=O) groups is 1. The van der Waals surface area contributed by atoms with Gasteiger partial charge in [-0.2, -0.15) is 0 Å². The van der Waals surface area contributed by atoms with Gasteiger partial charge in [0.25, 0.3) is 5.91 Å². The van der Waals surface area contributed by atoms with E-state index in [4.69, 9.17) is 33.7 Å². The van der Waals surface area contributed by atoms with E-state index in [1.165, 1.54) is 0 Å². The Kier molecular flexibility index (Phi) is 6.89. The number of hydrogen-bond acceptors (Lipinski definition) is 3. The Bertz CT molecular complexity index is 463. The van der Waals surface area contributed by atoms with E-state index < -0.39 is 0 Å². The highest BCUT2D eigenvalue weighted by atomic mass is 35.5. The van der Waals surface area contributed by atoms with Crippen LogP contribution in [0.25, 0.3) is 0 Å². The number of hydrogen-bond donors (Lipinski definition) is 1. The normalized spacial score (nSPS) is 15.7. The third-order valence-electron chi connectivity index (χ3n) is 3.15. The lowest BCUT2D eigenvalue weighted by atomic mass is 10.1. The van der Waals surface area contributed by atoms with Crippen LogP contribution in [0.3, 0.4) is 0 Å². The van der Waals surface area contributed by atoms with Gasteiger partial charge < -0.3 is 15.4 Å². The first-order valence-electron chi connectivity index (χ1n) is 6.17. The largest absolute Gasteiger partial charge is 0.484 e. The van der Waals surface area contributed by atoms with Crippen LogP contribution in [0, 0.1) is 0 Å². The van der Waals surface area contributed by atoms with Crippen LogP contribution in [0.2, 0.25) is 10.0 Å². The Labute approximate surface area is 134 Å². The van der Waals surface area contributed by atoms with Crippen LogP contribution >= 0.6 is 35.6 Å². The molecule has 1 saturated heterocycles. The minimum Gasteiger partial charge on any atom is -0.484 e. The van der Waals surface area contributed by atoms with Crippen LogP contribution in [-0.4, -0.2) is 36.5 Å². The SMILES string of the molecule is Cl.NC1CCN(C(=O)COc2ccc(Cl)c(Cl)c2)CC1. The van der Waals surface area contributed by atoms with Crippen LogP contribution in [0.5, 0.6) is 5.75 Å². The summed E-state index contributed by atoms with van der Waals surface area (Å²) in [6.07, 6.45) is 1.69. The summed E-state index contributed by atoms with van der Waals surface area (Å²) in [6, 6.07) is 5.14. The monoisotopic (exact) mass is 338 g/mol. The third kappa shape index (κ3) is 4.70. The number of nitrogens with zero attached hydrogens (tertiary/aromatic N) is 1. The Morgan fingerprint density at radius 2 is 1.95 bits per heavy atom. The maximum absolute atomic E-state index is 11.9. The molecule has 0 bridgehead atoms. The fraction of sp³-hybridized carbons (Fsp3) is 0.462. The summed E-state index contributed by atoms with van der Waals surface area (Å²) in [5.74, 6) is 0.509. The topological polar surface area (TPSA) is 55.6 Å². The Balaban J connectivity index is 0.00000200. The second-order valence-corrected chi connectivity index (χ2v) is 5.40. The molecular formula is C13H17Cl3N2O2. The predicted molar refractivity (Wildman–Crippen MR) is 83.0 cm³/mol. The molecule has 7 heteroatoms. The molecule has 1 aliphatic rings. The van der Waals surface area contributed by atoms with Crippen LogP contribution in [0.1, 0.15) is 12.8 Å². The zero-order valence-corrected chi connectivity index (χ0v) is 13.2. The lowest BCUT2D eigenvalue weighted by molar-refractivity contribution is -0.134. The molecule has 1 aromatic carbocycles. The fourth-order valence-corrected chi connectivity index (χ4v) is 2.24. The highest BCUT2D eigenvalue weighted by Crippen LogP contribution is 2.26. The van der Waals surface area contributed by atoms with Crippen molar-refractivity contribution in [3.63, 3.8) is 0 Å². The van der Waals surface area contributed by atoms with E-state index in [1.807, 2.05) is 0 Å². The molecule has 0 saturated carbocycles. The molecule has 2 N–H and O–H groups in total. The average Bonchev–Trinajstić information content (AvgIpc) is 2.40. The van der Waals surface area contributed by atoms with E-state index in [2.05, 4.69) is 0 Å². The summed E-state index contributed by atoms with van der Waals surface area (Å²) < 4.78 is 5.42. The number of nitrogens with two attached hydrogens (primary N) is 1. The van der Waals surface area contributed by atoms with E-state index >= 15 is 0 Å². The van der Waals surface area contributed by atoms with Gasteiger partial charge in [-0.05, 0) is 25.0 Å². The van der Waals surface area contributed by atoms with Crippen molar-refractivity contribution in [1.82, 2.24) is 4.90 Å². The molecule has 20 heavy (non-hydrogen) atoms. The summed E-state index contributed by atoms with van der Waals surface area (Å²) in [4.78, 5) is 13.7. The summed E-state index contributed by atoms with van der Waals surface area (Å²) in [5.41, 5.74) is 5.80. The molecule has 1 aromatic rings. The number of benzene rings is 1. The highest BCUT2D eigenvalue weighted by molar-refractivity contribution is 6.42. The summed E-state index contributed by atoms with van der Waals surface area (Å²) >= 11 is 11.7. The molecule has 0 unspecified atom stereocenters. The number of piperidine rings is 1. The molecular weight excluding hydrogens is 323 g/mol. The standard InChI is InChI=1S/C13H16Cl2N2O2.ClH/c14-11-2-1-10(7-12(11)15)19-8-13(18)17-5-3-9(16)4-6-17;/h1-2,7,9H,3-6,8,16H2;1H. The summed E-state index contributed by atoms with van der Waals surface area (Å²) in [7, 11) is 0. The van der Waals surface area contributed by atoms with Gasteiger partial charge in [0, 0.05) is 25.2 Å². The van der Waals surface area contributed by atoms with Gasteiger partial charge in [0.1, 0.15) is 5.75 Å². The van der Waals surface area contributed by atoms with E-state index in [-0.39, 0.29) is 31.0 Å². The molecule has 2 rings (SSSR count). The Hall–Kier alpha value is -0.680. The van der Waals surface area contributed by atoms with Crippen molar-refractivity contribution >= 4 is 41.5 Å². The minimum atomic E-state index is -0.0297. The lowest BCUT2D eigenvalue weighted by Gasteiger charge is -2.30. The molecule has 1 heterocycles. The second-order valence-electron chi connectivity index (χ2n) is 4.58. The van der Waals surface area contributed by atoms with E-state index in [0.29, 0.717) is 28.9 Å². The van der Waals surface area contributed by atoms with Crippen molar-refractivity contribution in [2.24, 2.45) is 5.73 Å². The first-order valence-corrected chi connectivity index (χ1v) is 6.93. The zero-order chi connectivity index (χ0) is 13.8. The van der Waals surface area contributed by atoms with Crippen LogP contribution in [-0.2, 0) is 4.79 Å². The van der Waals surface area contributed by atoms with Crippen LogP contribution in [0.4, 0.5) is 0 Å². The fourth-order valence-electron chi connectivity index (χ4n) is 1.95. The highest BCUT2D eigenvalue weighted by Gasteiger charge is 2.20. The predicted octanol–water partition coefficient (Wildman–Crippen LogP) is 2.74. The number of amides is 1. The van der Waals surface area contributed by atoms with Gasteiger partial charge in [-0.15, -0.1) is 12.4 Å². The van der Waals surface area contributed by atoms with Crippen molar-refractivity contribution in [3.05, 3.63) is 28.2 Å². The lowest BCUT2D eigenvalue weighted by Crippen LogP contribution is -2.44. The van der Waals surface area contributed by atoms with Gasteiger partial charge in [-0.25, -0.2) is 0 Å². The van der Waals surface area contributed by atoms with Gasteiger partial charge in [0.05, 0.1) is 10.0 Å². The van der Waals surface area contributed by atoms with Crippen molar-refractivity contribution < 1.29 is 9.53 Å². The molecule has 0 radical (unpaired) electrons. The average molecular weight is 340 g/mol. The number of carbonyl (C=O) groups excluding carboxylic acids is 1. The van der Waals surface area contributed by atoms with Gasteiger partial charge in [-0.3, -0.25) is 4.79 Å². The van der Waals surface area contributed by atoms with E-state index in [9.17, 15) is 4.79 Å². The van der Waals surface area contributed by atoms with Crippen molar-refractivity contribution in [2.45, 2.75) is 18.9 Å². The van der Waals surface area contributed by atoms with E-state index in [0.717, 1.165) is 12.8 Å². The maximum atomic E-state index is 11.9. The molecule has 0 aromatic heterocycles. The molecule has 0 spiro atoms.